The topological polar surface area (TPSA) is 116 Å². The highest BCUT2D eigenvalue weighted by molar-refractivity contribution is 5.80. The fraction of sp³-hybridized carbons (Fsp3) is 0.320. The Morgan fingerprint density at radius 1 is 1.09 bits per heavy atom. The van der Waals surface area contributed by atoms with Crippen LogP contribution in [-0.4, -0.2) is 35.3 Å². The second-order valence-electron chi connectivity index (χ2n) is 8.28. The number of benzene rings is 2. The maximum atomic E-state index is 11.0. The molecule has 2 aromatic carbocycles. The molecule has 2 aromatic heterocycles. The van der Waals surface area contributed by atoms with Gasteiger partial charge >= 0.3 is 0 Å². The van der Waals surface area contributed by atoms with E-state index in [0.29, 0.717) is 30.2 Å². The lowest BCUT2D eigenvalue weighted by Gasteiger charge is -2.24. The van der Waals surface area contributed by atoms with Crippen molar-refractivity contribution >= 4 is 0 Å². The molecule has 1 unspecified atom stereocenters. The molecule has 0 spiro atoms. The Labute approximate surface area is 192 Å². The molecule has 0 saturated heterocycles. The number of tetrazole rings is 1. The smallest absolute Gasteiger partial charge is 0.205 e. The number of aromatic nitrogens is 6. The molecule has 0 radical (unpaired) electrons. The van der Waals surface area contributed by atoms with Gasteiger partial charge in [0, 0.05) is 18.5 Å². The first-order valence-corrected chi connectivity index (χ1v) is 11.1. The number of nitriles is 1. The summed E-state index contributed by atoms with van der Waals surface area (Å²) in [7, 11) is 0. The van der Waals surface area contributed by atoms with Crippen molar-refractivity contribution in [2.75, 3.05) is 0 Å². The first-order valence-electron chi connectivity index (χ1n) is 11.1. The van der Waals surface area contributed by atoms with Gasteiger partial charge in [0.05, 0.1) is 5.69 Å². The molecule has 8 nitrogen and oxygen atoms in total. The Morgan fingerprint density at radius 3 is 2.42 bits per heavy atom. The Morgan fingerprint density at radius 2 is 1.82 bits per heavy atom. The minimum atomic E-state index is -1.13. The number of aliphatic hydroxyl groups is 1. The van der Waals surface area contributed by atoms with E-state index in [4.69, 9.17) is 0 Å². The lowest BCUT2D eigenvalue weighted by Crippen LogP contribution is -2.26. The summed E-state index contributed by atoms with van der Waals surface area (Å²) in [5.74, 6) is 1.37. The lowest BCUT2D eigenvalue weighted by atomic mass is 9.96. The van der Waals surface area contributed by atoms with E-state index >= 15 is 0 Å². The first kappa shape index (κ1) is 22.4. The van der Waals surface area contributed by atoms with Crippen LogP contribution in [0.15, 0.2) is 48.5 Å². The second-order valence-corrected chi connectivity index (χ2v) is 8.28. The monoisotopic (exact) mass is 441 g/mol. The number of imidazole rings is 1. The maximum Gasteiger partial charge on any atom is 0.205 e. The summed E-state index contributed by atoms with van der Waals surface area (Å²) in [6.07, 6.45) is 2.14. The summed E-state index contributed by atoms with van der Waals surface area (Å²) in [6.45, 7) is 6.27. The summed E-state index contributed by atoms with van der Waals surface area (Å²) in [5, 5.41) is 35.1. The minimum Gasteiger partial charge on any atom is -0.384 e. The largest absolute Gasteiger partial charge is 0.384 e. The molecule has 4 aromatic rings. The minimum absolute atomic E-state index is 0.302. The highest BCUT2D eigenvalue weighted by Gasteiger charge is 2.31. The van der Waals surface area contributed by atoms with Crippen LogP contribution >= 0.6 is 0 Å². The van der Waals surface area contributed by atoms with Gasteiger partial charge < -0.3 is 9.67 Å². The van der Waals surface area contributed by atoms with E-state index in [1.54, 1.807) is 6.92 Å². The fourth-order valence-electron chi connectivity index (χ4n) is 4.05. The van der Waals surface area contributed by atoms with Crippen molar-refractivity contribution in [2.45, 2.75) is 52.2 Å². The van der Waals surface area contributed by atoms with Gasteiger partial charge in [-0.05, 0) is 41.7 Å². The maximum absolute atomic E-state index is 11.0. The van der Waals surface area contributed by atoms with E-state index in [1.807, 2.05) is 35.8 Å². The number of aryl methyl sites for hydroxylation is 1. The van der Waals surface area contributed by atoms with Gasteiger partial charge in [0.15, 0.2) is 5.69 Å². The number of hydrogen-bond acceptors (Lipinski definition) is 6. The number of H-pyrrole nitrogens is 1. The van der Waals surface area contributed by atoms with Gasteiger partial charge in [-0.1, -0.05) is 62.4 Å². The van der Waals surface area contributed by atoms with Crippen LogP contribution in [0.5, 0.6) is 0 Å². The molecule has 8 heteroatoms. The van der Waals surface area contributed by atoms with Crippen LogP contribution in [0.3, 0.4) is 0 Å². The third-order valence-corrected chi connectivity index (χ3v) is 5.94. The van der Waals surface area contributed by atoms with Gasteiger partial charge in [0.25, 0.3) is 0 Å². The number of hydrogen-bond donors (Lipinski definition) is 2. The standard InChI is InChI=1S/C25H27N7O/c1-4-8-22-27-21(15-26)23(25(3,33)5-2)32(22)16-17-11-13-18(14-12-17)19-9-6-7-10-20(19)24-28-30-31-29-24/h6-7,9-14,33H,4-5,8,16H2,1-3H3,(H,28,29,30,31). The molecule has 4 rings (SSSR count). The van der Waals surface area contributed by atoms with Crippen LogP contribution in [0.2, 0.25) is 0 Å². The van der Waals surface area contributed by atoms with Crippen molar-refractivity contribution in [1.82, 2.24) is 30.2 Å². The molecule has 0 amide bonds. The van der Waals surface area contributed by atoms with Crippen molar-refractivity contribution in [3.05, 3.63) is 71.3 Å². The van der Waals surface area contributed by atoms with Crippen molar-refractivity contribution in [3.63, 3.8) is 0 Å². The van der Waals surface area contributed by atoms with Gasteiger partial charge in [0.2, 0.25) is 5.82 Å². The van der Waals surface area contributed by atoms with Crippen LogP contribution in [0.25, 0.3) is 22.5 Å². The molecule has 0 fully saturated rings. The van der Waals surface area contributed by atoms with Gasteiger partial charge in [-0.3, -0.25) is 0 Å². The van der Waals surface area contributed by atoms with Gasteiger partial charge in [-0.15, -0.1) is 10.2 Å². The average Bonchev–Trinajstić information content (AvgIpc) is 3.49. The van der Waals surface area contributed by atoms with E-state index in [0.717, 1.165) is 40.9 Å². The van der Waals surface area contributed by atoms with Gasteiger partial charge in [-0.2, -0.15) is 10.5 Å². The zero-order chi connectivity index (χ0) is 23.4. The summed E-state index contributed by atoms with van der Waals surface area (Å²) in [5.41, 5.74) is 3.77. The number of nitrogens with one attached hydrogen (secondary N) is 1. The van der Waals surface area contributed by atoms with E-state index in [-0.39, 0.29) is 0 Å². The molecular formula is C25H27N7O. The zero-order valence-corrected chi connectivity index (χ0v) is 19.1. The molecule has 0 aliphatic heterocycles. The zero-order valence-electron chi connectivity index (χ0n) is 19.1. The third-order valence-electron chi connectivity index (χ3n) is 5.94. The molecule has 2 N–H and O–H groups in total. The molecule has 0 aliphatic rings. The highest BCUT2D eigenvalue weighted by Crippen LogP contribution is 2.32. The molecule has 33 heavy (non-hydrogen) atoms. The normalized spacial score (nSPS) is 12.9. The van der Waals surface area contributed by atoms with Gasteiger partial charge in [0.1, 0.15) is 17.5 Å². The summed E-state index contributed by atoms with van der Waals surface area (Å²) < 4.78 is 2.01. The Hall–Kier alpha value is -3.83. The molecule has 0 bridgehead atoms. The van der Waals surface area contributed by atoms with Crippen LogP contribution in [0, 0.1) is 11.3 Å². The van der Waals surface area contributed by atoms with Crippen molar-refractivity contribution in [1.29, 1.82) is 5.26 Å². The van der Waals surface area contributed by atoms with Gasteiger partial charge in [-0.25, -0.2) is 4.98 Å². The van der Waals surface area contributed by atoms with Crippen LogP contribution in [0.4, 0.5) is 0 Å². The first-order chi connectivity index (χ1) is 16.0. The number of nitrogens with zero attached hydrogens (tertiary/aromatic N) is 6. The molecular weight excluding hydrogens is 414 g/mol. The lowest BCUT2D eigenvalue weighted by molar-refractivity contribution is 0.0445. The van der Waals surface area contributed by atoms with Crippen molar-refractivity contribution in [3.8, 4) is 28.6 Å². The second kappa shape index (κ2) is 9.35. The predicted molar refractivity (Wildman–Crippen MR) is 125 cm³/mol. The fourth-order valence-corrected chi connectivity index (χ4v) is 4.05. The predicted octanol–water partition coefficient (Wildman–Crippen LogP) is 4.22. The SMILES string of the molecule is CCCc1nc(C#N)c(C(C)(O)CC)n1Cc1ccc(-c2ccccc2-c2nn[nH]n2)cc1. The average molecular weight is 442 g/mol. The summed E-state index contributed by atoms with van der Waals surface area (Å²) in [6, 6.07) is 18.4. The van der Waals surface area contributed by atoms with E-state index in [9.17, 15) is 10.4 Å². The van der Waals surface area contributed by atoms with Crippen molar-refractivity contribution in [2.24, 2.45) is 0 Å². The Balaban J connectivity index is 1.70. The van der Waals surface area contributed by atoms with E-state index in [2.05, 4.69) is 62.9 Å². The molecule has 2 heterocycles. The number of aromatic amines is 1. The summed E-state index contributed by atoms with van der Waals surface area (Å²) in [4.78, 5) is 4.55. The molecule has 1 atom stereocenters. The van der Waals surface area contributed by atoms with E-state index in [1.165, 1.54) is 0 Å². The third kappa shape index (κ3) is 4.41. The van der Waals surface area contributed by atoms with Crippen LogP contribution < -0.4 is 0 Å². The highest BCUT2D eigenvalue weighted by atomic mass is 16.3. The Bertz CT molecular complexity index is 1270. The molecule has 0 aliphatic carbocycles. The van der Waals surface area contributed by atoms with Crippen LogP contribution in [0.1, 0.15) is 56.4 Å². The number of rotatable bonds is 8. The van der Waals surface area contributed by atoms with Crippen LogP contribution in [-0.2, 0) is 18.6 Å². The molecule has 0 saturated carbocycles. The molecule has 168 valence electrons. The Kier molecular flexibility index (Phi) is 6.33. The van der Waals surface area contributed by atoms with Crippen molar-refractivity contribution < 1.29 is 5.11 Å². The van der Waals surface area contributed by atoms with E-state index < -0.39 is 5.60 Å². The summed E-state index contributed by atoms with van der Waals surface area (Å²) >= 11 is 0. The quantitative estimate of drug-likeness (QED) is 0.423.